The SMILES string of the molecule is Cc1ccc2c(c1)C1(c3ccccc3-2)c2ccc(N(c3ccccc3)c3ccc(N(c4ccccc4)c4ccccc4)cc3)cc2-c2cc(N(c3ccccc3)c3ccc(N(c4ccccc4)c4ccccc4)cc3)ccc21. The molecule has 2 aliphatic carbocycles. The predicted molar refractivity (Wildman–Crippen MR) is 326 cm³/mol. The van der Waals surface area contributed by atoms with E-state index in [-0.39, 0.29) is 0 Å². The maximum atomic E-state index is 2.45. The number of fused-ring (bicyclic) bond motifs is 10. The van der Waals surface area contributed by atoms with Crippen LogP contribution in [0.1, 0.15) is 27.8 Å². The molecule has 2 aliphatic rings. The average Bonchev–Trinajstić information content (AvgIpc) is 2.51. The van der Waals surface area contributed by atoms with E-state index in [0.717, 1.165) is 68.2 Å². The fourth-order valence-electron chi connectivity index (χ4n) is 12.3. The zero-order chi connectivity index (χ0) is 52.0. The lowest BCUT2D eigenvalue weighted by Gasteiger charge is -2.32. The Morgan fingerprint density at radius 1 is 0.192 bits per heavy atom. The molecule has 370 valence electrons. The van der Waals surface area contributed by atoms with E-state index in [9.17, 15) is 0 Å². The molecule has 12 aromatic rings. The number of benzene rings is 12. The predicted octanol–water partition coefficient (Wildman–Crippen LogP) is 20.2. The normalized spacial score (nSPS) is 12.3. The first-order valence-electron chi connectivity index (χ1n) is 26.8. The van der Waals surface area contributed by atoms with Crippen molar-refractivity contribution in [3.8, 4) is 22.3 Å². The minimum atomic E-state index is -0.533. The van der Waals surface area contributed by atoms with E-state index >= 15 is 0 Å². The van der Waals surface area contributed by atoms with Gasteiger partial charge in [-0.2, -0.15) is 0 Å². The number of hydrogen-bond acceptors (Lipinski definition) is 4. The van der Waals surface area contributed by atoms with Gasteiger partial charge in [0.25, 0.3) is 0 Å². The van der Waals surface area contributed by atoms with Crippen molar-refractivity contribution in [2.75, 3.05) is 19.6 Å². The van der Waals surface area contributed by atoms with Crippen molar-refractivity contribution in [2.45, 2.75) is 12.3 Å². The monoisotopic (exact) mass is 998 g/mol. The Balaban J connectivity index is 0.942. The molecular weight excluding hydrogens is 945 g/mol. The second-order valence-corrected chi connectivity index (χ2v) is 20.2. The van der Waals surface area contributed by atoms with E-state index in [2.05, 4.69) is 336 Å². The Kier molecular flexibility index (Phi) is 11.6. The Morgan fingerprint density at radius 2 is 0.449 bits per heavy atom. The maximum absolute atomic E-state index is 2.45. The van der Waals surface area contributed by atoms with E-state index in [1.54, 1.807) is 0 Å². The molecule has 0 bridgehead atoms. The van der Waals surface area contributed by atoms with Gasteiger partial charge in [0.1, 0.15) is 0 Å². The smallest absolute Gasteiger partial charge is 0.0725 e. The van der Waals surface area contributed by atoms with Gasteiger partial charge in [-0.3, -0.25) is 0 Å². The van der Waals surface area contributed by atoms with Crippen LogP contribution < -0.4 is 19.6 Å². The molecule has 0 heterocycles. The van der Waals surface area contributed by atoms with Gasteiger partial charge in [-0.05, 0) is 197 Å². The lowest BCUT2D eigenvalue weighted by Crippen LogP contribution is -2.26. The van der Waals surface area contributed by atoms with Gasteiger partial charge in [0.2, 0.25) is 0 Å². The second-order valence-electron chi connectivity index (χ2n) is 20.2. The van der Waals surface area contributed by atoms with E-state index in [0.29, 0.717) is 0 Å². The van der Waals surface area contributed by atoms with Crippen LogP contribution in [-0.2, 0) is 5.41 Å². The largest absolute Gasteiger partial charge is 0.311 e. The summed E-state index contributed by atoms with van der Waals surface area (Å²) in [5, 5.41) is 0. The molecule has 0 N–H and O–H groups in total. The van der Waals surface area contributed by atoms with Crippen molar-refractivity contribution in [2.24, 2.45) is 0 Å². The molecule has 0 atom stereocenters. The Morgan fingerprint density at radius 3 is 0.795 bits per heavy atom. The summed E-state index contributed by atoms with van der Waals surface area (Å²) in [6.45, 7) is 2.23. The molecule has 14 rings (SSSR count). The van der Waals surface area contributed by atoms with Crippen molar-refractivity contribution in [3.63, 3.8) is 0 Å². The zero-order valence-corrected chi connectivity index (χ0v) is 43.2. The summed E-state index contributed by atoms with van der Waals surface area (Å²) in [4.78, 5) is 9.44. The standard InChI is InChI=1S/C74H54N4/c1-53-36-47-67-66-34-20-21-35-70(66)74(73(67)50-53)71-48-45-64(77(58-30-16-6-17-31-58)62-41-37-60(38-42-62)75(54-22-8-2-9-23-54)55-24-10-3-11-25-55)51-68(71)69-52-65(46-49-72(69)74)78(59-32-18-7-19-33-59)63-43-39-61(40-44-63)76(56-26-12-4-13-27-56)57-28-14-5-15-29-57/h2-52H,1H3. The Labute approximate surface area is 457 Å². The molecule has 4 nitrogen and oxygen atoms in total. The van der Waals surface area contributed by atoms with Gasteiger partial charge in [0, 0.05) is 68.2 Å². The van der Waals surface area contributed by atoms with Gasteiger partial charge in [-0.1, -0.05) is 169 Å². The minimum Gasteiger partial charge on any atom is -0.311 e. The summed E-state index contributed by atoms with van der Waals surface area (Å²) >= 11 is 0. The van der Waals surface area contributed by atoms with Crippen LogP contribution in [0.5, 0.6) is 0 Å². The number of hydrogen-bond donors (Lipinski definition) is 0. The van der Waals surface area contributed by atoms with E-state index in [1.165, 1.54) is 50.1 Å². The molecule has 0 radical (unpaired) electrons. The maximum Gasteiger partial charge on any atom is 0.0725 e. The Hall–Kier alpha value is -10.2. The summed E-state index contributed by atoms with van der Waals surface area (Å²) < 4.78 is 0. The highest BCUT2D eigenvalue weighted by molar-refractivity contribution is 5.98. The van der Waals surface area contributed by atoms with E-state index in [4.69, 9.17) is 0 Å². The number of anilines is 12. The summed E-state index contributed by atoms with van der Waals surface area (Å²) in [6.07, 6.45) is 0. The first-order valence-corrected chi connectivity index (χ1v) is 26.8. The second kappa shape index (κ2) is 19.5. The van der Waals surface area contributed by atoms with E-state index < -0.39 is 5.41 Å². The minimum absolute atomic E-state index is 0.533. The van der Waals surface area contributed by atoms with Crippen LogP contribution in [0.25, 0.3) is 22.3 Å². The van der Waals surface area contributed by atoms with Crippen LogP contribution in [0, 0.1) is 6.92 Å². The third kappa shape index (κ3) is 7.85. The number of aryl methyl sites for hydroxylation is 1. The molecule has 78 heavy (non-hydrogen) atoms. The fourth-order valence-corrected chi connectivity index (χ4v) is 12.3. The van der Waals surface area contributed by atoms with E-state index in [1.807, 2.05) is 0 Å². The van der Waals surface area contributed by atoms with Crippen molar-refractivity contribution >= 4 is 68.2 Å². The molecule has 4 heteroatoms. The van der Waals surface area contributed by atoms with Crippen LogP contribution in [0.4, 0.5) is 68.2 Å². The van der Waals surface area contributed by atoms with Gasteiger partial charge in [0.15, 0.2) is 0 Å². The summed E-state index contributed by atoms with van der Waals surface area (Å²) in [5.41, 5.74) is 24.0. The van der Waals surface area contributed by atoms with Crippen molar-refractivity contribution in [1.29, 1.82) is 0 Å². The van der Waals surface area contributed by atoms with Gasteiger partial charge in [-0.25, -0.2) is 0 Å². The topological polar surface area (TPSA) is 13.0 Å². The first-order chi connectivity index (χ1) is 38.6. The quantitative estimate of drug-likeness (QED) is 0.121. The van der Waals surface area contributed by atoms with Gasteiger partial charge in [0.05, 0.1) is 5.41 Å². The first kappa shape index (κ1) is 46.4. The highest BCUT2D eigenvalue weighted by atomic mass is 15.2. The number of para-hydroxylation sites is 6. The van der Waals surface area contributed by atoms with Crippen LogP contribution >= 0.6 is 0 Å². The highest BCUT2D eigenvalue weighted by Crippen LogP contribution is 2.64. The molecule has 0 aromatic heterocycles. The highest BCUT2D eigenvalue weighted by Gasteiger charge is 2.52. The third-order valence-corrected chi connectivity index (χ3v) is 15.6. The summed E-state index contributed by atoms with van der Waals surface area (Å²) in [5.74, 6) is 0. The van der Waals surface area contributed by atoms with Crippen LogP contribution in [0.2, 0.25) is 0 Å². The van der Waals surface area contributed by atoms with Crippen molar-refractivity contribution < 1.29 is 0 Å². The van der Waals surface area contributed by atoms with Gasteiger partial charge < -0.3 is 19.6 Å². The van der Waals surface area contributed by atoms with Gasteiger partial charge in [-0.15, -0.1) is 0 Å². The average molecular weight is 999 g/mol. The van der Waals surface area contributed by atoms with Crippen molar-refractivity contribution in [1.82, 2.24) is 0 Å². The molecular formula is C74H54N4. The van der Waals surface area contributed by atoms with Crippen LogP contribution in [-0.4, -0.2) is 0 Å². The third-order valence-electron chi connectivity index (χ3n) is 15.6. The van der Waals surface area contributed by atoms with Gasteiger partial charge >= 0.3 is 0 Å². The lowest BCUT2D eigenvalue weighted by atomic mass is 9.70. The number of nitrogens with zero attached hydrogens (tertiary/aromatic N) is 4. The molecule has 0 amide bonds. The molecule has 0 saturated heterocycles. The zero-order valence-electron chi connectivity index (χ0n) is 43.2. The molecule has 12 aromatic carbocycles. The molecule has 1 spiro atoms. The van der Waals surface area contributed by atoms with Crippen LogP contribution in [0.3, 0.4) is 0 Å². The fraction of sp³-hybridized carbons (Fsp3) is 0.0270. The Bertz CT molecular complexity index is 3780. The molecule has 0 aliphatic heterocycles. The lowest BCUT2D eigenvalue weighted by molar-refractivity contribution is 0.792. The molecule has 0 saturated carbocycles. The van der Waals surface area contributed by atoms with Crippen molar-refractivity contribution in [3.05, 3.63) is 337 Å². The summed E-state index contributed by atoms with van der Waals surface area (Å²) in [6, 6.07) is 113. The van der Waals surface area contributed by atoms with Crippen LogP contribution in [0.15, 0.2) is 309 Å². The number of rotatable bonds is 12. The molecule has 0 fully saturated rings. The summed E-state index contributed by atoms with van der Waals surface area (Å²) in [7, 11) is 0. The molecule has 0 unspecified atom stereocenters.